The third-order valence-corrected chi connectivity index (χ3v) is 3.22. The lowest BCUT2D eigenvalue weighted by molar-refractivity contribution is -0.135. The van der Waals surface area contributed by atoms with Gasteiger partial charge in [-0.15, -0.1) is 0 Å². The van der Waals surface area contributed by atoms with Gasteiger partial charge in [0, 0.05) is 12.6 Å². The molecular weight excluding hydrogens is 282 g/mol. The number of anilines is 1. The Morgan fingerprint density at radius 3 is 2.64 bits per heavy atom. The molecule has 0 amide bonds. The first-order valence-corrected chi connectivity index (χ1v) is 7.18. The van der Waals surface area contributed by atoms with Crippen molar-refractivity contribution in [3.8, 4) is 0 Å². The van der Waals surface area contributed by atoms with Gasteiger partial charge in [0.05, 0.1) is 18.4 Å². The molecule has 22 heavy (non-hydrogen) atoms. The molecule has 0 saturated carbocycles. The Labute approximate surface area is 128 Å². The van der Waals surface area contributed by atoms with E-state index in [-0.39, 0.29) is 12.1 Å². The van der Waals surface area contributed by atoms with Gasteiger partial charge in [-0.1, -0.05) is 37.3 Å². The first kappa shape index (κ1) is 15.8. The van der Waals surface area contributed by atoms with Crippen molar-refractivity contribution in [2.45, 2.75) is 19.9 Å². The molecule has 0 aliphatic heterocycles. The fourth-order valence-electron chi connectivity index (χ4n) is 2.20. The zero-order valence-electron chi connectivity index (χ0n) is 12.5. The molecular formula is C16H19N3O3. The van der Waals surface area contributed by atoms with E-state index >= 15 is 0 Å². The highest BCUT2D eigenvalue weighted by molar-refractivity contribution is 5.73. The fourth-order valence-corrected chi connectivity index (χ4v) is 2.20. The molecule has 0 fully saturated rings. The number of aromatic nitrogens is 2. The number of rotatable bonds is 7. The summed E-state index contributed by atoms with van der Waals surface area (Å²) >= 11 is 0. The van der Waals surface area contributed by atoms with Crippen LogP contribution in [0.3, 0.4) is 0 Å². The fraction of sp³-hybridized carbons (Fsp3) is 0.312. The van der Waals surface area contributed by atoms with Crippen molar-refractivity contribution >= 4 is 11.7 Å². The molecule has 0 atom stereocenters. The standard InChI is InChI=1S/C16H19N3O3/c1-2-8-18(12-16(21)22)14-9-15(20)19(17-10-14)11-13-6-4-3-5-7-13/h3-7,9-10H,2,8,11-12H2,1H3,(H,21,22). The molecule has 1 aromatic heterocycles. The molecule has 0 radical (unpaired) electrons. The van der Waals surface area contributed by atoms with E-state index in [2.05, 4.69) is 5.10 Å². The van der Waals surface area contributed by atoms with Crippen LogP contribution in [0, 0.1) is 0 Å². The predicted molar refractivity (Wildman–Crippen MR) is 84.2 cm³/mol. The van der Waals surface area contributed by atoms with Crippen molar-refractivity contribution in [2.75, 3.05) is 18.0 Å². The smallest absolute Gasteiger partial charge is 0.323 e. The van der Waals surface area contributed by atoms with Crippen molar-refractivity contribution in [1.29, 1.82) is 0 Å². The van der Waals surface area contributed by atoms with Crippen LogP contribution in [0.1, 0.15) is 18.9 Å². The number of carboxylic acids is 1. The second-order valence-electron chi connectivity index (χ2n) is 5.01. The minimum Gasteiger partial charge on any atom is -0.480 e. The van der Waals surface area contributed by atoms with Gasteiger partial charge in [-0.25, -0.2) is 4.68 Å². The summed E-state index contributed by atoms with van der Waals surface area (Å²) in [7, 11) is 0. The summed E-state index contributed by atoms with van der Waals surface area (Å²) < 4.78 is 1.36. The summed E-state index contributed by atoms with van der Waals surface area (Å²) in [6.45, 7) is 2.78. The second-order valence-corrected chi connectivity index (χ2v) is 5.01. The highest BCUT2D eigenvalue weighted by atomic mass is 16.4. The zero-order valence-corrected chi connectivity index (χ0v) is 12.5. The minimum absolute atomic E-state index is 0.141. The van der Waals surface area contributed by atoms with Crippen molar-refractivity contribution in [1.82, 2.24) is 9.78 Å². The molecule has 0 aliphatic rings. The Balaban J connectivity index is 2.21. The SMILES string of the molecule is CCCN(CC(=O)O)c1cnn(Cc2ccccc2)c(=O)c1. The lowest BCUT2D eigenvalue weighted by Gasteiger charge is -2.21. The van der Waals surface area contributed by atoms with Gasteiger partial charge in [0.25, 0.3) is 5.56 Å². The quantitative estimate of drug-likeness (QED) is 0.840. The van der Waals surface area contributed by atoms with Gasteiger partial charge in [0.1, 0.15) is 6.54 Å². The van der Waals surface area contributed by atoms with Gasteiger partial charge in [-0.05, 0) is 12.0 Å². The maximum Gasteiger partial charge on any atom is 0.323 e. The normalized spacial score (nSPS) is 10.4. The van der Waals surface area contributed by atoms with Gasteiger partial charge in [0.15, 0.2) is 0 Å². The van der Waals surface area contributed by atoms with Crippen LogP contribution in [0.15, 0.2) is 47.4 Å². The first-order valence-electron chi connectivity index (χ1n) is 7.18. The summed E-state index contributed by atoms with van der Waals surface area (Å²) in [6.07, 6.45) is 2.34. The van der Waals surface area contributed by atoms with Crippen LogP contribution in [0.2, 0.25) is 0 Å². The topological polar surface area (TPSA) is 75.4 Å². The van der Waals surface area contributed by atoms with Crippen LogP contribution in [-0.4, -0.2) is 33.9 Å². The number of hydrogen-bond acceptors (Lipinski definition) is 4. The van der Waals surface area contributed by atoms with E-state index in [1.165, 1.54) is 10.7 Å². The molecule has 1 N–H and O–H groups in total. The largest absolute Gasteiger partial charge is 0.480 e. The number of carbonyl (C=O) groups is 1. The number of benzene rings is 1. The molecule has 0 unspecified atom stereocenters. The van der Waals surface area contributed by atoms with E-state index in [9.17, 15) is 9.59 Å². The van der Waals surface area contributed by atoms with Gasteiger partial charge >= 0.3 is 5.97 Å². The number of aliphatic carboxylic acids is 1. The molecule has 2 rings (SSSR count). The Morgan fingerprint density at radius 1 is 1.32 bits per heavy atom. The van der Waals surface area contributed by atoms with Crippen LogP contribution in [0.4, 0.5) is 5.69 Å². The molecule has 6 nitrogen and oxygen atoms in total. The Morgan fingerprint density at radius 2 is 2.05 bits per heavy atom. The van der Waals surface area contributed by atoms with E-state index in [4.69, 9.17) is 5.11 Å². The Hall–Kier alpha value is -2.63. The maximum atomic E-state index is 12.2. The van der Waals surface area contributed by atoms with Crippen molar-refractivity contribution < 1.29 is 9.90 Å². The average molecular weight is 301 g/mol. The lowest BCUT2D eigenvalue weighted by Crippen LogP contribution is -2.32. The Bertz CT molecular complexity index is 683. The molecule has 6 heteroatoms. The highest BCUT2D eigenvalue weighted by Crippen LogP contribution is 2.10. The van der Waals surface area contributed by atoms with Crippen LogP contribution < -0.4 is 10.5 Å². The van der Waals surface area contributed by atoms with Gasteiger partial charge < -0.3 is 10.0 Å². The number of hydrogen-bond donors (Lipinski definition) is 1. The summed E-state index contributed by atoms with van der Waals surface area (Å²) in [5, 5.41) is 13.1. The molecule has 0 aliphatic carbocycles. The van der Waals surface area contributed by atoms with E-state index in [0.29, 0.717) is 18.8 Å². The van der Waals surface area contributed by atoms with Gasteiger partial charge in [0.2, 0.25) is 0 Å². The minimum atomic E-state index is -0.929. The van der Waals surface area contributed by atoms with Crippen LogP contribution in [-0.2, 0) is 11.3 Å². The molecule has 1 aromatic carbocycles. The van der Waals surface area contributed by atoms with E-state index in [1.807, 2.05) is 37.3 Å². The van der Waals surface area contributed by atoms with Crippen LogP contribution >= 0.6 is 0 Å². The van der Waals surface area contributed by atoms with Crippen LogP contribution in [0.5, 0.6) is 0 Å². The first-order chi connectivity index (χ1) is 10.6. The lowest BCUT2D eigenvalue weighted by atomic mass is 10.2. The molecule has 0 bridgehead atoms. The number of nitrogens with zero attached hydrogens (tertiary/aromatic N) is 3. The summed E-state index contributed by atoms with van der Waals surface area (Å²) in [5.74, 6) is -0.929. The van der Waals surface area contributed by atoms with Crippen molar-refractivity contribution in [3.05, 3.63) is 58.5 Å². The van der Waals surface area contributed by atoms with Crippen molar-refractivity contribution in [2.24, 2.45) is 0 Å². The summed E-state index contributed by atoms with van der Waals surface area (Å²) in [6, 6.07) is 11.0. The number of carboxylic acid groups (broad SMARTS) is 1. The predicted octanol–water partition coefficient (Wildman–Crippen LogP) is 1.59. The average Bonchev–Trinajstić information content (AvgIpc) is 2.49. The summed E-state index contributed by atoms with van der Waals surface area (Å²) in [5.41, 5.74) is 1.28. The second kappa shape index (κ2) is 7.40. The third kappa shape index (κ3) is 4.18. The summed E-state index contributed by atoms with van der Waals surface area (Å²) in [4.78, 5) is 24.7. The molecule has 116 valence electrons. The van der Waals surface area contributed by atoms with Gasteiger partial charge in [-0.3, -0.25) is 9.59 Å². The van der Waals surface area contributed by atoms with Crippen LogP contribution in [0.25, 0.3) is 0 Å². The monoisotopic (exact) mass is 301 g/mol. The zero-order chi connectivity index (χ0) is 15.9. The molecule has 1 heterocycles. The maximum absolute atomic E-state index is 12.2. The van der Waals surface area contributed by atoms with E-state index in [1.54, 1.807) is 11.1 Å². The Kier molecular flexibility index (Phi) is 5.30. The van der Waals surface area contributed by atoms with E-state index < -0.39 is 5.97 Å². The highest BCUT2D eigenvalue weighted by Gasteiger charge is 2.11. The van der Waals surface area contributed by atoms with Crippen molar-refractivity contribution in [3.63, 3.8) is 0 Å². The molecule has 0 spiro atoms. The molecule has 0 saturated heterocycles. The van der Waals surface area contributed by atoms with Gasteiger partial charge in [-0.2, -0.15) is 5.10 Å². The van der Waals surface area contributed by atoms with E-state index in [0.717, 1.165) is 12.0 Å². The molecule has 2 aromatic rings. The third-order valence-electron chi connectivity index (χ3n) is 3.22.